The van der Waals surface area contributed by atoms with Crippen molar-refractivity contribution in [3.8, 4) is 28.3 Å². The molecule has 0 amide bonds. The molecule has 1 aliphatic heterocycles. The molecule has 35 heavy (non-hydrogen) atoms. The van der Waals surface area contributed by atoms with Crippen LogP contribution in [-0.2, 0) is 6.42 Å². The number of rotatable bonds is 4. The monoisotopic (exact) mass is 458 g/mol. The number of phenolic OH excluding ortho intramolecular Hbond substituents is 1. The normalized spacial score (nSPS) is 14.7. The second-order valence-corrected chi connectivity index (χ2v) is 9.03. The first kappa shape index (κ1) is 21.1. The number of fused-ring (bicyclic) bond motifs is 2. The summed E-state index contributed by atoms with van der Waals surface area (Å²) in [4.78, 5) is 18.5. The maximum atomic E-state index is 13.5. The number of nitrogens with one attached hydrogen (secondary N) is 1. The summed E-state index contributed by atoms with van der Waals surface area (Å²) in [5.41, 5.74) is 5.45. The zero-order valence-corrected chi connectivity index (χ0v) is 19.3. The summed E-state index contributed by atoms with van der Waals surface area (Å²) in [6.45, 7) is 2.06. The third-order valence-corrected chi connectivity index (χ3v) is 6.54. The van der Waals surface area contributed by atoms with E-state index in [1.807, 2.05) is 30.3 Å². The van der Waals surface area contributed by atoms with Crippen molar-refractivity contribution in [2.75, 3.05) is 5.32 Å². The lowest BCUT2D eigenvalue weighted by Gasteiger charge is -2.08. The summed E-state index contributed by atoms with van der Waals surface area (Å²) >= 11 is 0. The van der Waals surface area contributed by atoms with Gasteiger partial charge in [-0.2, -0.15) is 4.57 Å². The Balaban J connectivity index is 1.47. The molecular formula is C30H24N3O2+. The maximum Gasteiger partial charge on any atom is 0.359 e. The topological polar surface area (TPSA) is 66.1 Å². The molecule has 2 N–H and O–H groups in total. The van der Waals surface area contributed by atoms with Gasteiger partial charge in [0.2, 0.25) is 0 Å². The maximum absolute atomic E-state index is 13.5. The molecule has 5 aromatic rings. The summed E-state index contributed by atoms with van der Waals surface area (Å²) in [7, 11) is 0. The van der Waals surface area contributed by atoms with Crippen LogP contribution in [0, 0.1) is 6.92 Å². The molecule has 0 bridgehead atoms. The summed E-state index contributed by atoms with van der Waals surface area (Å²) in [6.07, 6.45) is 2.38. The number of hydrogen-bond donors (Lipinski definition) is 2. The van der Waals surface area contributed by atoms with E-state index in [-0.39, 0.29) is 17.7 Å². The average molecular weight is 459 g/mol. The number of hydrogen-bond acceptors (Lipinski definition) is 4. The van der Waals surface area contributed by atoms with E-state index in [2.05, 4.69) is 60.8 Å². The second kappa shape index (κ2) is 8.37. The fourth-order valence-electron chi connectivity index (χ4n) is 4.62. The van der Waals surface area contributed by atoms with Gasteiger partial charge in [-0.05, 0) is 53.6 Å². The van der Waals surface area contributed by atoms with Gasteiger partial charge in [-0.1, -0.05) is 66.2 Å². The lowest BCUT2D eigenvalue weighted by atomic mass is 10.0. The first-order chi connectivity index (χ1) is 17.0. The van der Waals surface area contributed by atoms with Crippen LogP contribution < -0.4 is 9.88 Å². The fourth-order valence-corrected chi connectivity index (χ4v) is 4.62. The fraction of sp³-hybridized carbons (Fsp3) is 0.100. The van der Waals surface area contributed by atoms with Gasteiger partial charge >= 0.3 is 11.7 Å². The third-order valence-electron chi connectivity index (χ3n) is 6.54. The number of carbonyl (C=O) groups is 1. The summed E-state index contributed by atoms with van der Waals surface area (Å²) in [6, 6.07) is 29.2. The first-order valence-corrected chi connectivity index (χ1v) is 11.7. The molecule has 1 unspecified atom stereocenters. The van der Waals surface area contributed by atoms with E-state index in [9.17, 15) is 9.90 Å². The smallest absolute Gasteiger partial charge is 0.359 e. The van der Waals surface area contributed by atoms with Gasteiger partial charge in [-0.3, -0.25) is 5.32 Å². The summed E-state index contributed by atoms with van der Waals surface area (Å²) in [5.74, 6) is 0.878. The summed E-state index contributed by atoms with van der Waals surface area (Å²) < 4.78 is 1.69. The van der Waals surface area contributed by atoms with E-state index < -0.39 is 0 Å². The molecule has 2 heterocycles. The number of anilines is 1. The number of phenols is 1. The summed E-state index contributed by atoms with van der Waals surface area (Å²) in [5, 5.41) is 15.5. The molecular weight excluding hydrogens is 434 g/mol. The molecule has 0 radical (unpaired) electrons. The van der Waals surface area contributed by atoms with Crippen molar-refractivity contribution < 1.29 is 14.5 Å². The first-order valence-electron chi connectivity index (χ1n) is 11.7. The molecule has 0 aliphatic carbocycles. The Bertz CT molecular complexity index is 1570. The van der Waals surface area contributed by atoms with E-state index in [4.69, 9.17) is 4.98 Å². The van der Waals surface area contributed by atoms with Gasteiger partial charge in [-0.15, -0.1) is 0 Å². The predicted octanol–water partition coefficient (Wildman–Crippen LogP) is 5.55. The van der Waals surface area contributed by atoms with Crippen LogP contribution in [0.3, 0.4) is 0 Å². The quantitative estimate of drug-likeness (QED) is 0.347. The Kier molecular flexibility index (Phi) is 5.03. The molecule has 4 aromatic carbocycles. The average Bonchev–Trinajstić information content (AvgIpc) is 3.20. The molecule has 1 aliphatic rings. The van der Waals surface area contributed by atoms with Crippen LogP contribution in [-0.4, -0.2) is 22.0 Å². The van der Waals surface area contributed by atoms with E-state index in [0.717, 1.165) is 33.2 Å². The number of aryl methyl sites for hydroxylation is 1. The third kappa shape index (κ3) is 3.91. The highest BCUT2D eigenvalue weighted by Gasteiger charge is 2.41. The molecule has 5 nitrogen and oxygen atoms in total. The van der Waals surface area contributed by atoms with Crippen LogP contribution in [0.25, 0.3) is 33.3 Å². The van der Waals surface area contributed by atoms with E-state index in [0.29, 0.717) is 17.9 Å². The molecule has 5 heteroatoms. The lowest BCUT2D eigenvalue weighted by Crippen LogP contribution is -2.43. The minimum atomic E-state index is -0.381. The van der Waals surface area contributed by atoms with Crippen molar-refractivity contribution in [1.82, 2.24) is 4.98 Å². The van der Waals surface area contributed by atoms with Gasteiger partial charge in [0.15, 0.2) is 11.7 Å². The highest BCUT2D eigenvalue weighted by Crippen LogP contribution is 2.32. The van der Waals surface area contributed by atoms with Gasteiger partial charge in [0.25, 0.3) is 0 Å². The molecule has 0 fully saturated rings. The Morgan fingerprint density at radius 1 is 0.886 bits per heavy atom. The number of aromatic nitrogens is 2. The van der Waals surface area contributed by atoms with Crippen LogP contribution in [0.15, 0.2) is 97.2 Å². The molecule has 6 rings (SSSR count). The van der Waals surface area contributed by atoms with Gasteiger partial charge in [-0.25, -0.2) is 9.78 Å². The van der Waals surface area contributed by atoms with Crippen LogP contribution in [0.5, 0.6) is 5.75 Å². The molecule has 1 atom stereocenters. The largest absolute Gasteiger partial charge is 0.508 e. The van der Waals surface area contributed by atoms with Gasteiger partial charge < -0.3 is 5.11 Å². The standard InChI is InChI=1S/C30H23N3O2/c1-19-6-8-20(9-7-19)16-26-30(35)33-18-27(22-12-14-25(34)15-13-22)31-28(29(33)32-26)24-11-10-21-4-2-3-5-23(21)17-24/h2-15,17-18,26,34H,16H2,1H3/p+1. The van der Waals surface area contributed by atoms with Gasteiger partial charge in [0, 0.05) is 17.5 Å². The SMILES string of the molecule is Cc1ccc(CC2Nc3c(-c4ccc5ccccc5c4)nc(-c4ccc(O)cc4)c[n+]3C2=O)cc1. The number of benzene rings is 4. The zero-order chi connectivity index (χ0) is 23.9. The highest BCUT2D eigenvalue weighted by atomic mass is 16.3. The number of aromatic hydroxyl groups is 1. The molecule has 0 saturated carbocycles. The number of nitrogens with zero attached hydrogens (tertiary/aromatic N) is 2. The minimum Gasteiger partial charge on any atom is -0.508 e. The Hall–Kier alpha value is -4.51. The highest BCUT2D eigenvalue weighted by molar-refractivity contribution is 5.91. The van der Waals surface area contributed by atoms with Gasteiger partial charge in [0.05, 0.1) is 0 Å². The van der Waals surface area contributed by atoms with Crippen molar-refractivity contribution in [3.05, 3.63) is 108 Å². The molecule has 170 valence electrons. The molecule has 0 saturated heterocycles. The Morgan fingerprint density at radius 3 is 2.37 bits per heavy atom. The minimum absolute atomic E-state index is 0.00922. The molecule has 1 aromatic heterocycles. The number of carbonyl (C=O) groups excluding carboxylic acids is 1. The van der Waals surface area contributed by atoms with Crippen molar-refractivity contribution >= 4 is 22.5 Å². The van der Waals surface area contributed by atoms with Crippen LogP contribution in [0.2, 0.25) is 0 Å². The van der Waals surface area contributed by atoms with Crippen molar-refractivity contribution in [2.45, 2.75) is 19.4 Å². The van der Waals surface area contributed by atoms with Crippen LogP contribution >= 0.6 is 0 Å². The van der Waals surface area contributed by atoms with Gasteiger partial charge in [0.1, 0.15) is 17.6 Å². The van der Waals surface area contributed by atoms with E-state index >= 15 is 0 Å². The molecule has 0 spiro atoms. The van der Waals surface area contributed by atoms with E-state index in [1.54, 1.807) is 22.9 Å². The zero-order valence-electron chi connectivity index (χ0n) is 19.3. The van der Waals surface area contributed by atoms with Crippen LogP contribution in [0.1, 0.15) is 15.9 Å². The van der Waals surface area contributed by atoms with Crippen molar-refractivity contribution in [2.24, 2.45) is 0 Å². The van der Waals surface area contributed by atoms with Crippen molar-refractivity contribution in [1.29, 1.82) is 0 Å². The second-order valence-electron chi connectivity index (χ2n) is 9.03. The Labute approximate surface area is 203 Å². The lowest BCUT2D eigenvalue weighted by molar-refractivity contribution is -0.551. The van der Waals surface area contributed by atoms with E-state index in [1.165, 1.54) is 5.56 Å². The van der Waals surface area contributed by atoms with Crippen molar-refractivity contribution in [3.63, 3.8) is 0 Å². The predicted molar refractivity (Wildman–Crippen MR) is 137 cm³/mol. The van der Waals surface area contributed by atoms with Crippen LogP contribution in [0.4, 0.5) is 5.82 Å². The Morgan fingerprint density at radius 2 is 1.60 bits per heavy atom.